The normalized spacial score (nSPS) is 18.2. The van der Waals surface area contributed by atoms with Gasteiger partial charge in [0.15, 0.2) is 28.1 Å². The van der Waals surface area contributed by atoms with Gasteiger partial charge in [0, 0.05) is 13.5 Å². The van der Waals surface area contributed by atoms with E-state index in [0.29, 0.717) is 28.1 Å². The molecule has 146 valence electrons. The standard InChI is InChI=1S/C21H17N3O4S/c1-12-23-15-4-2-14(9-17(15)28-12)10-19-20(25)24-21(29-19)22-7-6-13-3-5-16-18(8-13)27-11-26-16/h2-5,8-10H,6-7,11H2,1H3,(H,22,24,25)/b19-10-. The number of carbonyl (C=O) groups is 1. The summed E-state index contributed by atoms with van der Waals surface area (Å²) in [6.07, 6.45) is 2.58. The van der Waals surface area contributed by atoms with E-state index >= 15 is 0 Å². The van der Waals surface area contributed by atoms with Gasteiger partial charge in [0.1, 0.15) is 5.52 Å². The predicted octanol–water partition coefficient (Wildman–Crippen LogP) is 3.67. The maximum atomic E-state index is 12.3. The summed E-state index contributed by atoms with van der Waals surface area (Å²) in [5.41, 5.74) is 3.50. The Bertz CT molecular complexity index is 1180. The SMILES string of the molecule is Cc1nc2ccc(/C=C3\S/C(=N\CCc4ccc5c(c4)OCO5)NC3=O)cc2o1. The highest BCUT2D eigenvalue weighted by Gasteiger charge is 2.23. The van der Waals surface area contributed by atoms with Gasteiger partial charge in [0.05, 0.1) is 4.91 Å². The summed E-state index contributed by atoms with van der Waals surface area (Å²) in [5, 5.41) is 3.43. The van der Waals surface area contributed by atoms with Crippen molar-refractivity contribution >= 4 is 40.0 Å². The van der Waals surface area contributed by atoms with Crippen LogP contribution in [0.3, 0.4) is 0 Å². The molecule has 2 aliphatic heterocycles. The summed E-state index contributed by atoms with van der Waals surface area (Å²) in [5.74, 6) is 2.01. The first kappa shape index (κ1) is 17.8. The maximum absolute atomic E-state index is 12.3. The van der Waals surface area contributed by atoms with Gasteiger partial charge in [-0.3, -0.25) is 9.79 Å². The summed E-state index contributed by atoms with van der Waals surface area (Å²) in [6, 6.07) is 11.6. The zero-order valence-corrected chi connectivity index (χ0v) is 16.4. The fourth-order valence-electron chi connectivity index (χ4n) is 3.18. The second-order valence-electron chi connectivity index (χ2n) is 6.65. The van der Waals surface area contributed by atoms with E-state index in [1.54, 1.807) is 0 Å². The number of oxazole rings is 1. The molecule has 3 aromatic rings. The number of thioether (sulfide) groups is 1. The highest BCUT2D eigenvalue weighted by atomic mass is 32.2. The third-order valence-electron chi connectivity index (χ3n) is 4.56. The van der Waals surface area contributed by atoms with Crippen molar-refractivity contribution in [2.75, 3.05) is 13.3 Å². The van der Waals surface area contributed by atoms with Crippen molar-refractivity contribution in [3.8, 4) is 11.5 Å². The van der Waals surface area contributed by atoms with Crippen LogP contribution in [0.1, 0.15) is 17.0 Å². The number of fused-ring (bicyclic) bond motifs is 2. The summed E-state index contributed by atoms with van der Waals surface area (Å²) >= 11 is 1.34. The van der Waals surface area contributed by atoms with Gasteiger partial charge in [-0.05, 0) is 59.7 Å². The number of aliphatic imine (C=N–C) groups is 1. The summed E-state index contributed by atoms with van der Waals surface area (Å²) in [7, 11) is 0. The molecule has 0 unspecified atom stereocenters. The predicted molar refractivity (Wildman–Crippen MR) is 111 cm³/mol. The molecule has 1 fully saturated rings. The molecular weight excluding hydrogens is 390 g/mol. The first-order chi connectivity index (χ1) is 14.1. The molecule has 1 aromatic heterocycles. The fourth-order valence-corrected chi connectivity index (χ4v) is 4.03. The zero-order valence-electron chi connectivity index (χ0n) is 15.6. The van der Waals surface area contributed by atoms with E-state index in [4.69, 9.17) is 13.9 Å². The van der Waals surface area contributed by atoms with E-state index in [1.165, 1.54) is 11.8 Å². The minimum atomic E-state index is -0.148. The smallest absolute Gasteiger partial charge is 0.264 e. The lowest BCUT2D eigenvalue weighted by molar-refractivity contribution is -0.115. The number of hydrogen-bond donors (Lipinski definition) is 1. The van der Waals surface area contributed by atoms with Crippen LogP contribution in [0.4, 0.5) is 0 Å². The lowest BCUT2D eigenvalue weighted by Crippen LogP contribution is -2.20. The summed E-state index contributed by atoms with van der Waals surface area (Å²) < 4.78 is 16.3. The van der Waals surface area contributed by atoms with Gasteiger partial charge in [-0.25, -0.2) is 4.98 Å². The van der Waals surface area contributed by atoms with Crippen molar-refractivity contribution < 1.29 is 18.7 Å². The van der Waals surface area contributed by atoms with Crippen molar-refractivity contribution in [2.45, 2.75) is 13.3 Å². The number of rotatable bonds is 4. The number of nitrogens with one attached hydrogen (secondary N) is 1. The third kappa shape index (κ3) is 3.71. The van der Waals surface area contributed by atoms with Crippen LogP contribution >= 0.6 is 11.8 Å². The van der Waals surface area contributed by atoms with Gasteiger partial charge in [0.25, 0.3) is 5.91 Å². The van der Waals surface area contributed by atoms with Gasteiger partial charge in [-0.2, -0.15) is 0 Å². The maximum Gasteiger partial charge on any atom is 0.264 e. The van der Waals surface area contributed by atoms with Crippen LogP contribution in [-0.4, -0.2) is 29.4 Å². The molecular formula is C21H17N3O4S. The first-order valence-corrected chi connectivity index (χ1v) is 9.97. The Kier molecular flexibility index (Phi) is 4.48. The number of benzene rings is 2. The largest absolute Gasteiger partial charge is 0.454 e. The molecule has 5 rings (SSSR count). The van der Waals surface area contributed by atoms with E-state index in [-0.39, 0.29) is 12.7 Å². The van der Waals surface area contributed by atoms with Crippen LogP contribution < -0.4 is 14.8 Å². The molecule has 0 radical (unpaired) electrons. The van der Waals surface area contributed by atoms with Crippen LogP contribution in [-0.2, 0) is 11.2 Å². The van der Waals surface area contributed by atoms with Crippen LogP contribution in [0.25, 0.3) is 17.2 Å². The van der Waals surface area contributed by atoms with E-state index in [1.807, 2.05) is 49.4 Å². The summed E-state index contributed by atoms with van der Waals surface area (Å²) in [6.45, 7) is 2.64. The molecule has 1 saturated heterocycles. The number of hydrogen-bond acceptors (Lipinski definition) is 7. The topological polar surface area (TPSA) is 86.0 Å². The van der Waals surface area contributed by atoms with Crippen molar-refractivity contribution in [1.29, 1.82) is 0 Å². The van der Waals surface area contributed by atoms with E-state index < -0.39 is 0 Å². The van der Waals surface area contributed by atoms with Crippen molar-refractivity contribution in [1.82, 2.24) is 10.3 Å². The van der Waals surface area contributed by atoms with Gasteiger partial charge < -0.3 is 19.2 Å². The Morgan fingerprint density at radius 2 is 2.10 bits per heavy atom. The van der Waals surface area contributed by atoms with Gasteiger partial charge in [0.2, 0.25) is 6.79 Å². The second kappa shape index (κ2) is 7.29. The fraction of sp³-hybridized carbons (Fsp3) is 0.190. The highest BCUT2D eigenvalue weighted by molar-refractivity contribution is 8.18. The Labute approximate surface area is 170 Å². The lowest BCUT2D eigenvalue weighted by Gasteiger charge is -2.01. The van der Waals surface area contributed by atoms with Crippen LogP contribution in [0.15, 0.2) is 50.7 Å². The average Bonchev–Trinajstić information content (AvgIpc) is 3.39. The third-order valence-corrected chi connectivity index (χ3v) is 5.51. The molecule has 0 atom stereocenters. The Morgan fingerprint density at radius 3 is 3.03 bits per heavy atom. The van der Waals surface area contributed by atoms with Gasteiger partial charge in [-0.15, -0.1) is 0 Å². The molecule has 2 aromatic carbocycles. The molecule has 2 aliphatic rings. The van der Waals surface area contributed by atoms with Gasteiger partial charge in [-0.1, -0.05) is 12.1 Å². The number of ether oxygens (including phenoxy) is 2. The van der Waals surface area contributed by atoms with Crippen LogP contribution in [0.5, 0.6) is 11.5 Å². The monoisotopic (exact) mass is 407 g/mol. The number of aromatic nitrogens is 1. The molecule has 0 spiro atoms. The molecule has 0 aliphatic carbocycles. The number of amides is 1. The number of aryl methyl sites for hydroxylation is 1. The zero-order chi connectivity index (χ0) is 19.8. The Balaban J connectivity index is 1.26. The molecule has 29 heavy (non-hydrogen) atoms. The number of carbonyl (C=O) groups excluding carboxylic acids is 1. The molecule has 1 amide bonds. The average molecular weight is 407 g/mol. The second-order valence-corrected chi connectivity index (χ2v) is 7.68. The quantitative estimate of drug-likeness (QED) is 0.664. The molecule has 0 bridgehead atoms. The van der Waals surface area contributed by atoms with Crippen molar-refractivity contribution in [3.63, 3.8) is 0 Å². The van der Waals surface area contributed by atoms with Crippen LogP contribution in [0, 0.1) is 6.92 Å². The number of amidine groups is 1. The van der Waals surface area contributed by atoms with E-state index in [9.17, 15) is 4.79 Å². The minimum absolute atomic E-state index is 0.148. The highest BCUT2D eigenvalue weighted by Crippen LogP contribution is 2.32. The van der Waals surface area contributed by atoms with E-state index in [0.717, 1.165) is 34.6 Å². The van der Waals surface area contributed by atoms with Crippen molar-refractivity contribution in [2.24, 2.45) is 4.99 Å². The molecule has 3 heterocycles. The Hall–Kier alpha value is -3.26. The molecule has 7 nitrogen and oxygen atoms in total. The molecule has 0 saturated carbocycles. The van der Waals surface area contributed by atoms with E-state index in [2.05, 4.69) is 15.3 Å². The number of nitrogens with zero attached hydrogens (tertiary/aromatic N) is 2. The van der Waals surface area contributed by atoms with Crippen molar-refractivity contribution in [3.05, 3.63) is 58.3 Å². The lowest BCUT2D eigenvalue weighted by atomic mass is 10.1. The Morgan fingerprint density at radius 1 is 1.21 bits per heavy atom. The van der Waals surface area contributed by atoms with Gasteiger partial charge >= 0.3 is 0 Å². The molecule has 1 N–H and O–H groups in total. The minimum Gasteiger partial charge on any atom is -0.454 e. The van der Waals surface area contributed by atoms with Crippen LogP contribution in [0.2, 0.25) is 0 Å². The summed E-state index contributed by atoms with van der Waals surface area (Å²) in [4.78, 5) is 21.7. The first-order valence-electron chi connectivity index (χ1n) is 9.15. The molecule has 8 heteroatoms.